The van der Waals surface area contributed by atoms with E-state index in [0.717, 1.165) is 18.5 Å². The standard InChI is InChI=1S/C24H20ClN9O2/c25-18-7-14(1-4-20(18)36-17-5-6-33-21(8-17)28-13-30-33)31-23-22-19(27-12-29-23)9-26-24(32-22)34-15-2-3-16(34)11-35-10-15/h1,4-9,12-13,15-16H,2-3,10-11H2,(H,27,29,31). The van der Waals surface area contributed by atoms with Crippen LogP contribution >= 0.6 is 11.6 Å². The third-order valence-electron chi connectivity index (χ3n) is 6.51. The Morgan fingerprint density at radius 3 is 2.75 bits per heavy atom. The fraction of sp³-hybridized carbons (Fsp3) is 0.250. The molecule has 4 aromatic heterocycles. The van der Waals surface area contributed by atoms with Crippen molar-refractivity contribution in [3.8, 4) is 11.5 Å². The van der Waals surface area contributed by atoms with Crippen LogP contribution in [-0.2, 0) is 4.74 Å². The summed E-state index contributed by atoms with van der Waals surface area (Å²) >= 11 is 6.55. The average Bonchev–Trinajstić information content (AvgIpc) is 3.46. The molecule has 6 heterocycles. The second-order valence-electron chi connectivity index (χ2n) is 8.75. The van der Waals surface area contributed by atoms with E-state index in [2.05, 4.69) is 35.3 Å². The molecule has 0 amide bonds. The Hall–Kier alpha value is -4.09. The van der Waals surface area contributed by atoms with Crippen LogP contribution in [0.25, 0.3) is 16.7 Å². The van der Waals surface area contributed by atoms with Gasteiger partial charge in [0.25, 0.3) is 0 Å². The molecule has 7 rings (SSSR count). The number of halogens is 1. The number of morpholine rings is 1. The number of aromatic nitrogens is 7. The predicted molar refractivity (Wildman–Crippen MR) is 133 cm³/mol. The summed E-state index contributed by atoms with van der Waals surface area (Å²) in [5.41, 5.74) is 2.73. The van der Waals surface area contributed by atoms with E-state index in [1.807, 2.05) is 6.07 Å². The third-order valence-corrected chi connectivity index (χ3v) is 6.81. The maximum Gasteiger partial charge on any atom is 0.226 e. The van der Waals surface area contributed by atoms with Gasteiger partial charge in [-0.3, -0.25) is 0 Å². The van der Waals surface area contributed by atoms with E-state index < -0.39 is 0 Å². The molecule has 1 aromatic carbocycles. The molecule has 0 spiro atoms. The van der Waals surface area contributed by atoms with Crippen LogP contribution in [0, 0.1) is 0 Å². The van der Waals surface area contributed by atoms with E-state index >= 15 is 0 Å². The first kappa shape index (κ1) is 21.2. The summed E-state index contributed by atoms with van der Waals surface area (Å²) < 4.78 is 13.3. The van der Waals surface area contributed by atoms with Gasteiger partial charge >= 0.3 is 0 Å². The minimum atomic E-state index is 0.305. The van der Waals surface area contributed by atoms with Gasteiger partial charge < -0.3 is 19.7 Å². The molecule has 2 saturated heterocycles. The van der Waals surface area contributed by atoms with Gasteiger partial charge in [-0.1, -0.05) is 11.6 Å². The van der Waals surface area contributed by atoms with Crippen molar-refractivity contribution in [1.29, 1.82) is 0 Å². The second kappa shape index (κ2) is 8.54. The van der Waals surface area contributed by atoms with Crippen molar-refractivity contribution in [2.45, 2.75) is 24.9 Å². The van der Waals surface area contributed by atoms with Crippen molar-refractivity contribution in [1.82, 2.24) is 34.5 Å². The number of hydrogen-bond donors (Lipinski definition) is 1. The van der Waals surface area contributed by atoms with Gasteiger partial charge in [-0.2, -0.15) is 5.10 Å². The quantitative estimate of drug-likeness (QED) is 0.378. The van der Waals surface area contributed by atoms with E-state index in [4.69, 9.17) is 26.1 Å². The molecule has 2 aliphatic heterocycles. The molecule has 2 atom stereocenters. The summed E-state index contributed by atoms with van der Waals surface area (Å²) in [6.45, 7) is 1.40. The summed E-state index contributed by atoms with van der Waals surface area (Å²) in [5, 5.41) is 7.85. The van der Waals surface area contributed by atoms with Gasteiger partial charge in [0, 0.05) is 18.0 Å². The monoisotopic (exact) mass is 501 g/mol. The molecule has 2 fully saturated rings. The summed E-state index contributed by atoms with van der Waals surface area (Å²) in [4.78, 5) is 24.7. The topological polar surface area (TPSA) is 115 Å². The van der Waals surface area contributed by atoms with Crippen LogP contribution in [0.3, 0.4) is 0 Å². The first-order valence-electron chi connectivity index (χ1n) is 11.6. The Morgan fingerprint density at radius 2 is 1.89 bits per heavy atom. The Morgan fingerprint density at radius 1 is 1.00 bits per heavy atom. The van der Waals surface area contributed by atoms with Crippen molar-refractivity contribution in [2.75, 3.05) is 23.4 Å². The lowest BCUT2D eigenvalue weighted by atomic mass is 10.2. The summed E-state index contributed by atoms with van der Waals surface area (Å²) in [6.07, 6.45) is 8.68. The third kappa shape index (κ3) is 3.73. The molecule has 1 N–H and O–H groups in total. The number of rotatable bonds is 5. The van der Waals surface area contributed by atoms with Gasteiger partial charge in [-0.05, 0) is 37.1 Å². The molecular weight excluding hydrogens is 482 g/mol. The number of nitrogens with zero attached hydrogens (tertiary/aromatic N) is 8. The van der Waals surface area contributed by atoms with E-state index in [-0.39, 0.29) is 0 Å². The lowest BCUT2D eigenvalue weighted by Gasteiger charge is -2.34. The Kier molecular flexibility index (Phi) is 5.03. The van der Waals surface area contributed by atoms with Crippen LogP contribution in [0.15, 0.2) is 55.4 Å². The number of hydrogen-bond acceptors (Lipinski definition) is 10. The number of nitrogens with one attached hydrogen (secondary N) is 1. The predicted octanol–water partition coefficient (Wildman–Crippen LogP) is 4.02. The number of pyridine rings is 1. The molecule has 180 valence electrons. The zero-order valence-corrected chi connectivity index (χ0v) is 19.7. The molecule has 5 aromatic rings. The minimum Gasteiger partial charge on any atom is -0.456 e. The van der Waals surface area contributed by atoms with Crippen LogP contribution in [0.2, 0.25) is 5.02 Å². The van der Waals surface area contributed by atoms with Gasteiger partial charge in [0.2, 0.25) is 5.95 Å². The highest BCUT2D eigenvalue weighted by Crippen LogP contribution is 2.35. The van der Waals surface area contributed by atoms with Crippen molar-refractivity contribution >= 4 is 45.7 Å². The molecule has 2 aliphatic rings. The number of ether oxygens (including phenoxy) is 2. The lowest BCUT2D eigenvalue weighted by molar-refractivity contribution is 0.0898. The minimum absolute atomic E-state index is 0.305. The smallest absolute Gasteiger partial charge is 0.226 e. The zero-order valence-electron chi connectivity index (χ0n) is 19.0. The maximum atomic E-state index is 6.55. The summed E-state index contributed by atoms with van der Waals surface area (Å²) in [5.74, 6) is 2.39. The van der Waals surface area contributed by atoms with Gasteiger partial charge in [0.15, 0.2) is 11.5 Å². The largest absolute Gasteiger partial charge is 0.456 e. The highest BCUT2D eigenvalue weighted by Gasteiger charge is 2.39. The highest BCUT2D eigenvalue weighted by atomic mass is 35.5. The van der Waals surface area contributed by atoms with Crippen LogP contribution < -0.4 is 15.0 Å². The van der Waals surface area contributed by atoms with Gasteiger partial charge in [0.1, 0.15) is 35.2 Å². The van der Waals surface area contributed by atoms with Crippen LogP contribution in [0.1, 0.15) is 12.8 Å². The van der Waals surface area contributed by atoms with Crippen molar-refractivity contribution in [3.63, 3.8) is 0 Å². The van der Waals surface area contributed by atoms with Crippen LogP contribution in [-0.4, -0.2) is 59.8 Å². The normalized spacial score (nSPS) is 19.2. The lowest BCUT2D eigenvalue weighted by Crippen LogP contribution is -2.46. The summed E-state index contributed by atoms with van der Waals surface area (Å²) in [6, 6.07) is 9.65. The molecule has 0 saturated carbocycles. The van der Waals surface area contributed by atoms with Gasteiger partial charge in [-0.25, -0.2) is 29.4 Å². The molecular formula is C24H20ClN9O2. The fourth-order valence-corrected chi connectivity index (χ4v) is 5.02. The maximum absolute atomic E-state index is 6.55. The highest BCUT2D eigenvalue weighted by molar-refractivity contribution is 6.32. The van der Waals surface area contributed by atoms with Crippen molar-refractivity contribution < 1.29 is 9.47 Å². The van der Waals surface area contributed by atoms with E-state index in [1.54, 1.807) is 41.2 Å². The Labute approximate surface area is 210 Å². The molecule has 2 bridgehead atoms. The SMILES string of the molecule is Clc1cc(Nc2ncnc3cnc(N4C5CCC4COC5)nc23)ccc1Oc1ccn2ncnc2c1. The van der Waals surface area contributed by atoms with Gasteiger partial charge in [0.05, 0.1) is 36.5 Å². The average molecular weight is 502 g/mol. The number of benzene rings is 1. The molecule has 0 aliphatic carbocycles. The van der Waals surface area contributed by atoms with Gasteiger partial charge in [-0.15, -0.1) is 0 Å². The van der Waals surface area contributed by atoms with E-state index in [9.17, 15) is 0 Å². The fourth-order valence-electron chi connectivity index (χ4n) is 4.80. The first-order valence-corrected chi connectivity index (χ1v) is 12.0. The first-order chi connectivity index (χ1) is 17.7. The molecule has 12 heteroatoms. The summed E-state index contributed by atoms with van der Waals surface area (Å²) in [7, 11) is 0. The molecule has 36 heavy (non-hydrogen) atoms. The van der Waals surface area contributed by atoms with Crippen LogP contribution in [0.4, 0.5) is 17.5 Å². The van der Waals surface area contributed by atoms with Crippen LogP contribution in [0.5, 0.6) is 11.5 Å². The Balaban J connectivity index is 1.16. The Bertz CT molecular complexity index is 1580. The number of fused-ring (bicyclic) bond motifs is 4. The van der Waals surface area contributed by atoms with Crippen molar-refractivity contribution in [3.05, 3.63) is 60.4 Å². The molecule has 0 radical (unpaired) electrons. The zero-order chi connectivity index (χ0) is 24.1. The molecule has 11 nitrogen and oxygen atoms in total. The van der Waals surface area contributed by atoms with E-state index in [0.29, 0.717) is 70.3 Å². The molecule has 2 unspecified atom stereocenters. The van der Waals surface area contributed by atoms with Crippen molar-refractivity contribution in [2.24, 2.45) is 0 Å². The second-order valence-corrected chi connectivity index (χ2v) is 9.16. The van der Waals surface area contributed by atoms with E-state index in [1.165, 1.54) is 12.7 Å². The number of anilines is 3.